The molecule has 0 unspecified atom stereocenters. The van der Waals surface area contributed by atoms with E-state index in [4.69, 9.17) is 14.2 Å². The van der Waals surface area contributed by atoms with Crippen LogP contribution >= 0.6 is 0 Å². The number of benzene rings is 2. The molecule has 4 rings (SSSR count). The summed E-state index contributed by atoms with van der Waals surface area (Å²) in [4.78, 5) is 15.2. The molecule has 2 atom stereocenters. The van der Waals surface area contributed by atoms with Crippen molar-refractivity contribution >= 4 is 5.91 Å². The van der Waals surface area contributed by atoms with Crippen LogP contribution in [0.5, 0.6) is 11.5 Å². The number of hydrogen-bond donors (Lipinski definition) is 0. The largest absolute Gasteiger partial charge is 0.454 e. The Bertz CT molecular complexity index is 802. The molecule has 1 saturated heterocycles. The number of carbonyl (C=O) groups is 1. The summed E-state index contributed by atoms with van der Waals surface area (Å²) in [7, 11) is 0. The highest BCUT2D eigenvalue weighted by Gasteiger charge is 2.32. The van der Waals surface area contributed by atoms with Gasteiger partial charge in [0, 0.05) is 24.8 Å². The van der Waals surface area contributed by atoms with Crippen LogP contribution in [0.2, 0.25) is 0 Å². The first-order chi connectivity index (χ1) is 13.7. The van der Waals surface area contributed by atoms with Crippen molar-refractivity contribution in [3.8, 4) is 11.5 Å². The zero-order valence-corrected chi connectivity index (χ0v) is 16.3. The Morgan fingerprint density at radius 1 is 1.14 bits per heavy atom. The Labute approximate surface area is 166 Å². The fourth-order valence-corrected chi connectivity index (χ4v) is 3.88. The molecule has 0 N–H and O–H groups in total. The van der Waals surface area contributed by atoms with Crippen molar-refractivity contribution in [3.63, 3.8) is 0 Å². The van der Waals surface area contributed by atoms with E-state index in [0.29, 0.717) is 13.2 Å². The Morgan fingerprint density at radius 2 is 2.00 bits per heavy atom. The van der Waals surface area contributed by atoms with Crippen molar-refractivity contribution < 1.29 is 19.0 Å². The van der Waals surface area contributed by atoms with Crippen molar-refractivity contribution in [1.82, 2.24) is 4.90 Å². The van der Waals surface area contributed by atoms with E-state index in [2.05, 4.69) is 31.2 Å². The van der Waals surface area contributed by atoms with Gasteiger partial charge in [-0.15, -0.1) is 0 Å². The van der Waals surface area contributed by atoms with Gasteiger partial charge in [-0.05, 0) is 44.2 Å². The first kappa shape index (κ1) is 18.8. The van der Waals surface area contributed by atoms with Crippen molar-refractivity contribution in [3.05, 3.63) is 59.7 Å². The smallest absolute Gasteiger partial charge is 0.252 e. The lowest BCUT2D eigenvalue weighted by Gasteiger charge is -2.32. The summed E-state index contributed by atoms with van der Waals surface area (Å²) in [6.07, 6.45) is 3.25. The van der Waals surface area contributed by atoms with Gasteiger partial charge < -0.3 is 19.1 Å². The average Bonchev–Trinajstić information content (AvgIpc) is 3.42. The molecule has 5 nitrogen and oxygen atoms in total. The standard InChI is InChI=1S/C23H27NO4/c1-17(12-13-18-7-3-2-4-8-18)24(23(25)21-11-6-14-26-21)15-19-9-5-10-20-22(19)28-16-27-20/h2-5,7-10,17,21H,6,11-16H2,1H3/t17-,21+/m1/s1. The van der Waals surface area contributed by atoms with Gasteiger partial charge in [0.05, 0.1) is 0 Å². The molecular formula is C23H27NO4. The second-order valence-electron chi connectivity index (χ2n) is 7.49. The topological polar surface area (TPSA) is 48.0 Å². The molecule has 0 aromatic heterocycles. The van der Waals surface area contributed by atoms with Crippen LogP contribution in [0.3, 0.4) is 0 Å². The van der Waals surface area contributed by atoms with Gasteiger partial charge in [-0.1, -0.05) is 42.5 Å². The first-order valence-corrected chi connectivity index (χ1v) is 10.1. The fraction of sp³-hybridized carbons (Fsp3) is 0.435. The molecule has 0 bridgehead atoms. The molecule has 2 aromatic rings. The summed E-state index contributed by atoms with van der Waals surface area (Å²) < 4.78 is 16.8. The second-order valence-corrected chi connectivity index (χ2v) is 7.49. The maximum absolute atomic E-state index is 13.2. The van der Waals surface area contributed by atoms with E-state index < -0.39 is 0 Å². The van der Waals surface area contributed by atoms with E-state index in [1.165, 1.54) is 5.56 Å². The number of fused-ring (bicyclic) bond motifs is 1. The zero-order valence-electron chi connectivity index (χ0n) is 16.3. The average molecular weight is 381 g/mol. The number of ether oxygens (including phenoxy) is 3. The highest BCUT2D eigenvalue weighted by Crippen LogP contribution is 2.36. The number of carbonyl (C=O) groups excluding carboxylic acids is 1. The molecular weight excluding hydrogens is 354 g/mol. The van der Waals surface area contributed by atoms with Crippen LogP contribution in [0.4, 0.5) is 0 Å². The summed E-state index contributed by atoms with van der Waals surface area (Å²) in [6.45, 7) is 3.52. The predicted molar refractivity (Wildman–Crippen MR) is 106 cm³/mol. The molecule has 2 aliphatic heterocycles. The minimum atomic E-state index is -0.326. The Hall–Kier alpha value is -2.53. The van der Waals surface area contributed by atoms with Crippen molar-refractivity contribution in [2.45, 2.75) is 51.3 Å². The van der Waals surface area contributed by atoms with Crippen molar-refractivity contribution in [2.75, 3.05) is 13.4 Å². The second kappa shape index (κ2) is 8.65. The third-order valence-corrected chi connectivity index (χ3v) is 5.53. The molecule has 0 radical (unpaired) electrons. The summed E-state index contributed by atoms with van der Waals surface area (Å²) in [6, 6.07) is 16.4. The maximum Gasteiger partial charge on any atom is 0.252 e. The van der Waals surface area contributed by atoms with E-state index in [1.807, 2.05) is 29.2 Å². The summed E-state index contributed by atoms with van der Waals surface area (Å²) in [5.74, 6) is 1.58. The number of aryl methyl sites for hydroxylation is 1. The normalized spacial score (nSPS) is 18.8. The molecule has 0 spiro atoms. The van der Waals surface area contributed by atoms with Gasteiger partial charge in [-0.25, -0.2) is 0 Å². The fourth-order valence-electron chi connectivity index (χ4n) is 3.88. The van der Waals surface area contributed by atoms with Crippen molar-refractivity contribution in [1.29, 1.82) is 0 Å². The first-order valence-electron chi connectivity index (χ1n) is 10.1. The molecule has 5 heteroatoms. The molecule has 0 saturated carbocycles. The van der Waals surface area contributed by atoms with Crippen LogP contribution in [0, 0.1) is 0 Å². The van der Waals surface area contributed by atoms with Gasteiger partial charge in [-0.3, -0.25) is 4.79 Å². The van der Waals surface area contributed by atoms with Crippen LogP contribution in [0.15, 0.2) is 48.5 Å². The van der Waals surface area contributed by atoms with Crippen LogP contribution < -0.4 is 9.47 Å². The van der Waals surface area contributed by atoms with Crippen LogP contribution in [0.1, 0.15) is 37.3 Å². The van der Waals surface area contributed by atoms with Gasteiger partial charge >= 0.3 is 0 Å². The zero-order chi connectivity index (χ0) is 19.3. The number of nitrogens with zero attached hydrogens (tertiary/aromatic N) is 1. The van der Waals surface area contributed by atoms with E-state index in [0.717, 1.165) is 42.7 Å². The Balaban J connectivity index is 1.51. The van der Waals surface area contributed by atoms with Crippen molar-refractivity contribution in [2.24, 2.45) is 0 Å². The highest BCUT2D eigenvalue weighted by molar-refractivity contribution is 5.81. The minimum Gasteiger partial charge on any atom is -0.454 e. The van der Waals surface area contributed by atoms with Crippen LogP contribution in [-0.4, -0.2) is 36.4 Å². The molecule has 2 aromatic carbocycles. The Morgan fingerprint density at radius 3 is 2.79 bits per heavy atom. The molecule has 1 amide bonds. The predicted octanol–water partition coefficient (Wildman–Crippen LogP) is 3.94. The molecule has 148 valence electrons. The van der Waals surface area contributed by atoms with Gasteiger partial charge in [0.15, 0.2) is 11.5 Å². The maximum atomic E-state index is 13.2. The molecule has 28 heavy (non-hydrogen) atoms. The van der Waals surface area contributed by atoms with E-state index >= 15 is 0 Å². The molecule has 2 heterocycles. The number of amides is 1. The lowest BCUT2D eigenvalue weighted by atomic mass is 10.0. The van der Waals surface area contributed by atoms with Gasteiger partial charge in [-0.2, -0.15) is 0 Å². The molecule has 2 aliphatic rings. The SMILES string of the molecule is C[C@H](CCc1ccccc1)N(Cc1cccc2c1OCO2)C(=O)[C@@H]1CCCO1. The summed E-state index contributed by atoms with van der Waals surface area (Å²) >= 11 is 0. The summed E-state index contributed by atoms with van der Waals surface area (Å²) in [5, 5.41) is 0. The minimum absolute atomic E-state index is 0.0783. The third-order valence-electron chi connectivity index (χ3n) is 5.53. The van der Waals surface area contributed by atoms with Gasteiger partial charge in [0.2, 0.25) is 6.79 Å². The number of rotatable bonds is 7. The molecule has 0 aliphatic carbocycles. The summed E-state index contributed by atoms with van der Waals surface area (Å²) in [5.41, 5.74) is 2.27. The van der Waals surface area contributed by atoms with E-state index in [-0.39, 0.29) is 24.8 Å². The highest BCUT2D eigenvalue weighted by atomic mass is 16.7. The van der Waals surface area contributed by atoms with Crippen LogP contribution in [-0.2, 0) is 22.5 Å². The lowest BCUT2D eigenvalue weighted by molar-refractivity contribution is -0.143. The Kier molecular flexibility index (Phi) is 5.81. The monoisotopic (exact) mass is 381 g/mol. The van der Waals surface area contributed by atoms with Gasteiger partial charge in [0.1, 0.15) is 6.10 Å². The number of hydrogen-bond acceptors (Lipinski definition) is 4. The molecule has 1 fully saturated rings. The lowest BCUT2D eigenvalue weighted by Crippen LogP contribution is -2.44. The van der Waals surface area contributed by atoms with Gasteiger partial charge in [0.25, 0.3) is 5.91 Å². The quantitative estimate of drug-likeness (QED) is 0.729. The number of para-hydroxylation sites is 1. The third kappa shape index (κ3) is 4.14. The van der Waals surface area contributed by atoms with Crippen LogP contribution in [0.25, 0.3) is 0 Å². The van der Waals surface area contributed by atoms with E-state index in [1.54, 1.807) is 0 Å². The van der Waals surface area contributed by atoms with E-state index in [9.17, 15) is 4.79 Å².